The monoisotopic (exact) mass is 432 g/mol. The van der Waals surface area contributed by atoms with Crippen LogP contribution in [0.3, 0.4) is 0 Å². The molecule has 0 spiro atoms. The third-order valence-corrected chi connectivity index (χ3v) is 8.39. The number of thiophene rings is 1. The highest BCUT2D eigenvalue weighted by Crippen LogP contribution is 2.42. The number of amides is 1. The van der Waals surface area contributed by atoms with Gasteiger partial charge < -0.3 is 0 Å². The maximum atomic E-state index is 12.6. The van der Waals surface area contributed by atoms with Gasteiger partial charge >= 0.3 is 0 Å². The van der Waals surface area contributed by atoms with Crippen molar-refractivity contribution < 1.29 is 13.2 Å². The predicted molar refractivity (Wildman–Crippen MR) is 107 cm³/mol. The Kier molecular flexibility index (Phi) is 4.29. The number of carbonyl (C=O) groups is 1. The van der Waals surface area contributed by atoms with Crippen LogP contribution in [0.4, 0.5) is 0 Å². The summed E-state index contributed by atoms with van der Waals surface area (Å²) in [5.41, 5.74) is 0.244. The SMILES string of the molecule is O=C1c2ccccc2S(=O)(=O)N1CCSc1nnc(-c2cccs2)n1C1CC1. The molecule has 10 heteroatoms. The second kappa shape index (κ2) is 6.71. The molecule has 0 saturated heterocycles. The molecule has 3 heterocycles. The van der Waals surface area contributed by atoms with Crippen LogP contribution in [0.25, 0.3) is 10.7 Å². The first-order valence-corrected chi connectivity index (χ1v) is 12.2. The summed E-state index contributed by atoms with van der Waals surface area (Å²) in [6, 6.07) is 10.7. The van der Waals surface area contributed by atoms with E-state index in [1.54, 1.807) is 29.5 Å². The summed E-state index contributed by atoms with van der Waals surface area (Å²) in [5, 5.41) is 11.5. The quantitative estimate of drug-likeness (QED) is 0.556. The lowest BCUT2D eigenvalue weighted by atomic mass is 10.2. The van der Waals surface area contributed by atoms with Crippen molar-refractivity contribution in [3.05, 3.63) is 47.3 Å². The molecule has 2 aromatic heterocycles. The highest BCUT2D eigenvalue weighted by molar-refractivity contribution is 7.99. The van der Waals surface area contributed by atoms with E-state index in [4.69, 9.17) is 0 Å². The van der Waals surface area contributed by atoms with Crippen molar-refractivity contribution in [3.63, 3.8) is 0 Å². The van der Waals surface area contributed by atoms with Gasteiger partial charge in [0.2, 0.25) is 0 Å². The number of hydrogen-bond donors (Lipinski definition) is 0. The summed E-state index contributed by atoms with van der Waals surface area (Å²) in [6.07, 6.45) is 2.19. The summed E-state index contributed by atoms with van der Waals surface area (Å²) in [5.74, 6) is 0.824. The predicted octanol–water partition coefficient (Wildman–Crippen LogP) is 3.28. The van der Waals surface area contributed by atoms with Crippen molar-refractivity contribution in [1.29, 1.82) is 0 Å². The third-order valence-electron chi connectivity index (χ3n) is 4.76. The first-order chi connectivity index (χ1) is 13.6. The molecule has 0 bridgehead atoms. The number of carbonyl (C=O) groups excluding carboxylic acids is 1. The van der Waals surface area contributed by atoms with Crippen molar-refractivity contribution in [2.45, 2.75) is 28.9 Å². The average Bonchev–Trinajstić information content (AvgIpc) is 3.14. The fourth-order valence-corrected chi connectivity index (χ4v) is 6.60. The largest absolute Gasteiger partial charge is 0.298 e. The van der Waals surface area contributed by atoms with Gasteiger partial charge in [0.15, 0.2) is 11.0 Å². The molecule has 0 N–H and O–H groups in total. The Bertz CT molecular complexity index is 1150. The number of fused-ring (bicyclic) bond motifs is 1. The van der Waals surface area contributed by atoms with Crippen molar-refractivity contribution in [3.8, 4) is 10.7 Å². The van der Waals surface area contributed by atoms with Crippen LogP contribution in [0.1, 0.15) is 29.2 Å². The summed E-state index contributed by atoms with van der Waals surface area (Å²) in [4.78, 5) is 13.7. The van der Waals surface area contributed by atoms with Gasteiger partial charge in [-0.25, -0.2) is 12.7 Å². The van der Waals surface area contributed by atoms with Gasteiger partial charge in [0, 0.05) is 18.3 Å². The Hall–Kier alpha value is -2.17. The lowest BCUT2D eigenvalue weighted by molar-refractivity contribution is 0.0876. The lowest BCUT2D eigenvalue weighted by Gasteiger charge is -2.14. The molecular formula is C18H16N4O3S3. The van der Waals surface area contributed by atoms with Crippen molar-refractivity contribution in [2.75, 3.05) is 12.3 Å². The van der Waals surface area contributed by atoms with Crippen LogP contribution in [0.15, 0.2) is 51.8 Å². The number of sulfonamides is 1. The number of nitrogens with zero attached hydrogens (tertiary/aromatic N) is 4. The van der Waals surface area contributed by atoms with Crippen molar-refractivity contribution in [1.82, 2.24) is 19.1 Å². The molecule has 5 rings (SSSR count). The Morgan fingerprint density at radius 2 is 1.96 bits per heavy atom. The Labute approximate surface area is 170 Å². The van der Waals surface area contributed by atoms with Crippen LogP contribution in [0.5, 0.6) is 0 Å². The van der Waals surface area contributed by atoms with Crippen molar-refractivity contribution in [2.24, 2.45) is 0 Å². The molecular weight excluding hydrogens is 416 g/mol. The van der Waals surface area contributed by atoms with Gasteiger partial charge in [-0.3, -0.25) is 9.36 Å². The Morgan fingerprint density at radius 1 is 1.14 bits per heavy atom. The van der Waals surface area contributed by atoms with Gasteiger partial charge in [-0.1, -0.05) is 30.0 Å². The fourth-order valence-electron chi connectivity index (χ4n) is 3.28. The molecule has 1 aliphatic heterocycles. The number of aromatic nitrogens is 3. The zero-order valence-corrected chi connectivity index (χ0v) is 17.1. The fraction of sp³-hybridized carbons (Fsp3) is 0.278. The Balaban J connectivity index is 1.34. The van der Waals surface area contributed by atoms with Gasteiger partial charge in [0.25, 0.3) is 15.9 Å². The minimum absolute atomic E-state index is 0.0890. The molecule has 0 unspecified atom stereocenters. The maximum absolute atomic E-state index is 12.6. The second-order valence-corrected chi connectivity index (χ2v) is 10.5. The molecule has 1 amide bonds. The van der Waals surface area contributed by atoms with Gasteiger partial charge in [-0.2, -0.15) is 0 Å². The number of thioether (sulfide) groups is 1. The zero-order valence-electron chi connectivity index (χ0n) is 14.7. The van der Waals surface area contributed by atoms with Crippen LogP contribution in [-0.2, 0) is 10.0 Å². The topological polar surface area (TPSA) is 85.2 Å². The van der Waals surface area contributed by atoms with E-state index in [-0.39, 0.29) is 17.0 Å². The minimum Gasteiger partial charge on any atom is -0.298 e. The molecule has 1 aromatic carbocycles. The number of benzene rings is 1. The van der Waals surface area contributed by atoms with E-state index in [1.807, 2.05) is 17.5 Å². The second-order valence-electron chi connectivity index (χ2n) is 6.61. The zero-order chi connectivity index (χ0) is 19.3. The summed E-state index contributed by atoms with van der Waals surface area (Å²) < 4.78 is 28.4. The molecule has 0 atom stereocenters. The smallest absolute Gasteiger partial charge is 0.269 e. The number of hydrogen-bond acceptors (Lipinski definition) is 7. The number of rotatable bonds is 6. The van der Waals surface area contributed by atoms with Gasteiger partial charge in [0.1, 0.15) is 4.90 Å². The molecule has 0 radical (unpaired) electrons. The Morgan fingerprint density at radius 3 is 2.68 bits per heavy atom. The maximum Gasteiger partial charge on any atom is 0.269 e. The van der Waals surface area contributed by atoms with Crippen LogP contribution in [-0.4, -0.2) is 45.7 Å². The van der Waals surface area contributed by atoms with E-state index in [0.717, 1.165) is 33.0 Å². The molecule has 1 fully saturated rings. The van der Waals surface area contributed by atoms with Crippen LogP contribution in [0.2, 0.25) is 0 Å². The van der Waals surface area contributed by atoms with E-state index >= 15 is 0 Å². The molecule has 1 saturated carbocycles. The molecule has 3 aromatic rings. The highest BCUT2D eigenvalue weighted by atomic mass is 32.2. The molecule has 7 nitrogen and oxygen atoms in total. The molecule has 1 aliphatic carbocycles. The van der Waals surface area contributed by atoms with E-state index in [2.05, 4.69) is 14.8 Å². The molecule has 28 heavy (non-hydrogen) atoms. The van der Waals surface area contributed by atoms with Crippen molar-refractivity contribution >= 4 is 39.0 Å². The minimum atomic E-state index is -3.77. The lowest BCUT2D eigenvalue weighted by Crippen LogP contribution is -2.32. The standard InChI is InChI=1S/C18H16N4O3S3/c23-17-13-4-1-2-6-15(13)28(24,25)21(17)9-11-27-18-20-19-16(14-5-3-10-26-14)22(18)12-7-8-12/h1-6,10,12H,7-9,11H2. The van der Waals surface area contributed by atoms with E-state index in [9.17, 15) is 13.2 Å². The van der Waals surface area contributed by atoms with E-state index in [1.165, 1.54) is 17.8 Å². The first-order valence-electron chi connectivity index (χ1n) is 8.85. The van der Waals surface area contributed by atoms with Gasteiger partial charge in [-0.15, -0.1) is 21.5 Å². The van der Waals surface area contributed by atoms with E-state index in [0.29, 0.717) is 11.8 Å². The summed E-state index contributed by atoms with van der Waals surface area (Å²) in [6.45, 7) is 0.104. The van der Waals surface area contributed by atoms with Gasteiger partial charge in [0.05, 0.1) is 10.4 Å². The van der Waals surface area contributed by atoms with Crippen LogP contribution < -0.4 is 0 Å². The summed E-state index contributed by atoms with van der Waals surface area (Å²) >= 11 is 3.06. The van der Waals surface area contributed by atoms with Gasteiger partial charge in [-0.05, 0) is 36.4 Å². The van der Waals surface area contributed by atoms with Crippen LogP contribution in [0, 0.1) is 0 Å². The van der Waals surface area contributed by atoms with Crippen LogP contribution >= 0.6 is 23.1 Å². The molecule has 144 valence electrons. The highest BCUT2D eigenvalue weighted by Gasteiger charge is 2.40. The molecule has 2 aliphatic rings. The normalized spacial score (nSPS) is 17.9. The van der Waals surface area contributed by atoms with E-state index < -0.39 is 15.9 Å². The summed E-state index contributed by atoms with van der Waals surface area (Å²) in [7, 11) is -3.77. The third kappa shape index (κ3) is 2.87. The average molecular weight is 433 g/mol. The first kappa shape index (κ1) is 17.9.